The van der Waals surface area contributed by atoms with Gasteiger partial charge in [-0.2, -0.15) is 0 Å². The summed E-state index contributed by atoms with van der Waals surface area (Å²) >= 11 is 0. The van der Waals surface area contributed by atoms with E-state index in [0.717, 1.165) is 25.8 Å². The van der Waals surface area contributed by atoms with E-state index in [-0.39, 0.29) is 24.2 Å². The highest BCUT2D eigenvalue weighted by Crippen LogP contribution is 2.28. The van der Waals surface area contributed by atoms with E-state index in [1.807, 2.05) is 19.0 Å². The minimum Gasteiger partial charge on any atom is -0.469 e. The summed E-state index contributed by atoms with van der Waals surface area (Å²) in [5.41, 5.74) is 0. The predicted octanol–water partition coefficient (Wildman–Crippen LogP) is 0.740. The minimum atomic E-state index is -0.258. The molecule has 1 aliphatic rings. The Morgan fingerprint density at radius 1 is 1.17 bits per heavy atom. The molecule has 0 unspecified atom stereocenters. The number of likely N-dealkylation sites (N-methyl/N-ethyl adjacent to an activating group) is 1. The molecule has 1 rings (SSSR count). The largest absolute Gasteiger partial charge is 0.469 e. The number of ether oxygens (including phenoxy) is 1. The fourth-order valence-electron chi connectivity index (χ4n) is 1.89. The molecule has 5 heteroatoms. The third-order valence-electron chi connectivity index (χ3n) is 3.40. The van der Waals surface area contributed by atoms with E-state index in [2.05, 4.69) is 4.74 Å². The Morgan fingerprint density at radius 2 is 1.83 bits per heavy atom. The van der Waals surface area contributed by atoms with Crippen LogP contribution in [0.4, 0.5) is 0 Å². The summed E-state index contributed by atoms with van der Waals surface area (Å²) < 4.78 is 4.62. The summed E-state index contributed by atoms with van der Waals surface area (Å²) in [4.78, 5) is 27.2. The van der Waals surface area contributed by atoms with Crippen LogP contribution in [0.25, 0.3) is 0 Å². The van der Waals surface area contributed by atoms with Gasteiger partial charge in [-0.1, -0.05) is 6.42 Å². The summed E-state index contributed by atoms with van der Waals surface area (Å²) in [6.45, 7) is 1.97. The standard InChI is InChI=1S/C13H24N2O3/c1-14(2)9-10-15(8-7-12(16)18-3)13(17)11-5-4-6-11/h11H,4-10H2,1-3H3. The molecule has 1 fully saturated rings. The Bertz CT molecular complexity index is 288. The lowest BCUT2D eigenvalue weighted by Gasteiger charge is -2.32. The number of carbonyl (C=O) groups excluding carboxylic acids is 2. The fraction of sp³-hybridized carbons (Fsp3) is 0.846. The lowest BCUT2D eigenvalue weighted by molar-refractivity contribution is -0.143. The highest BCUT2D eigenvalue weighted by atomic mass is 16.5. The number of hydrogen-bond acceptors (Lipinski definition) is 4. The minimum absolute atomic E-state index is 0.185. The maximum absolute atomic E-state index is 12.2. The molecule has 0 atom stereocenters. The second-order valence-corrected chi connectivity index (χ2v) is 5.08. The normalized spacial score (nSPS) is 15.3. The van der Waals surface area contributed by atoms with Gasteiger partial charge in [0.15, 0.2) is 0 Å². The van der Waals surface area contributed by atoms with Gasteiger partial charge in [0.25, 0.3) is 0 Å². The average Bonchev–Trinajstić information content (AvgIpc) is 2.25. The van der Waals surface area contributed by atoms with Gasteiger partial charge >= 0.3 is 5.97 Å². The van der Waals surface area contributed by atoms with Gasteiger partial charge in [0.2, 0.25) is 5.91 Å². The summed E-state index contributed by atoms with van der Waals surface area (Å²) in [7, 11) is 5.33. The first-order valence-corrected chi connectivity index (χ1v) is 6.55. The molecule has 1 aliphatic carbocycles. The topological polar surface area (TPSA) is 49.9 Å². The molecule has 0 heterocycles. The molecule has 1 amide bonds. The van der Waals surface area contributed by atoms with E-state index in [0.29, 0.717) is 13.1 Å². The molecule has 104 valence electrons. The Kier molecular flexibility index (Phi) is 6.12. The molecule has 1 saturated carbocycles. The molecule has 5 nitrogen and oxygen atoms in total. The fourth-order valence-corrected chi connectivity index (χ4v) is 1.89. The van der Waals surface area contributed by atoms with E-state index in [1.54, 1.807) is 4.90 Å². The monoisotopic (exact) mass is 256 g/mol. The maximum Gasteiger partial charge on any atom is 0.307 e. The molecule has 0 spiro atoms. The van der Waals surface area contributed by atoms with Crippen LogP contribution < -0.4 is 0 Å². The van der Waals surface area contributed by atoms with Gasteiger partial charge in [-0.15, -0.1) is 0 Å². The van der Waals surface area contributed by atoms with E-state index in [4.69, 9.17) is 0 Å². The molecular formula is C13H24N2O3. The number of methoxy groups -OCH3 is 1. The molecule has 0 bridgehead atoms. The zero-order valence-corrected chi connectivity index (χ0v) is 11.6. The lowest BCUT2D eigenvalue weighted by Crippen LogP contribution is -2.43. The highest BCUT2D eigenvalue weighted by Gasteiger charge is 2.29. The molecule has 18 heavy (non-hydrogen) atoms. The van der Waals surface area contributed by atoms with Crippen LogP contribution in [-0.4, -0.2) is 62.5 Å². The van der Waals surface area contributed by atoms with E-state index < -0.39 is 0 Å². The van der Waals surface area contributed by atoms with Crippen LogP contribution in [0.1, 0.15) is 25.7 Å². The van der Waals surface area contributed by atoms with Crippen molar-refractivity contribution < 1.29 is 14.3 Å². The molecule has 0 aromatic rings. The summed E-state index contributed by atoms with van der Waals surface area (Å²) in [6.07, 6.45) is 3.42. The van der Waals surface area contributed by atoms with Crippen LogP contribution in [0.3, 0.4) is 0 Å². The van der Waals surface area contributed by atoms with Crippen molar-refractivity contribution in [3.63, 3.8) is 0 Å². The Morgan fingerprint density at radius 3 is 2.28 bits per heavy atom. The van der Waals surface area contributed by atoms with Crippen LogP contribution in [0, 0.1) is 5.92 Å². The van der Waals surface area contributed by atoms with Crippen molar-refractivity contribution in [1.82, 2.24) is 9.80 Å². The van der Waals surface area contributed by atoms with E-state index in [1.165, 1.54) is 7.11 Å². The van der Waals surface area contributed by atoms with E-state index in [9.17, 15) is 9.59 Å². The van der Waals surface area contributed by atoms with E-state index >= 15 is 0 Å². The Hall–Kier alpha value is -1.10. The highest BCUT2D eigenvalue weighted by molar-refractivity contribution is 5.80. The van der Waals surface area contributed by atoms with Gasteiger partial charge in [0.05, 0.1) is 13.5 Å². The number of carbonyl (C=O) groups is 2. The van der Waals surface area contributed by atoms with Crippen molar-refractivity contribution in [2.24, 2.45) is 5.92 Å². The molecular weight excluding hydrogens is 232 g/mol. The van der Waals surface area contributed by atoms with Crippen LogP contribution in [-0.2, 0) is 14.3 Å². The smallest absolute Gasteiger partial charge is 0.307 e. The SMILES string of the molecule is COC(=O)CCN(CCN(C)C)C(=O)C1CCC1. The molecule has 0 aromatic heterocycles. The van der Waals surface area contributed by atoms with Crippen LogP contribution in [0.2, 0.25) is 0 Å². The van der Waals surface area contributed by atoms with Crippen LogP contribution in [0.15, 0.2) is 0 Å². The quantitative estimate of drug-likeness (QED) is 0.630. The molecule has 0 aliphatic heterocycles. The number of esters is 1. The van der Waals surface area contributed by atoms with Crippen molar-refractivity contribution in [2.75, 3.05) is 40.8 Å². The zero-order chi connectivity index (χ0) is 13.5. The number of nitrogens with zero attached hydrogens (tertiary/aromatic N) is 2. The lowest BCUT2D eigenvalue weighted by atomic mass is 9.84. The second-order valence-electron chi connectivity index (χ2n) is 5.08. The van der Waals surface area contributed by atoms with Crippen molar-refractivity contribution in [3.8, 4) is 0 Å². The van der Waals surface area contributed by atoms with Gasteiger partial charge in [0.1, 0.15) is 0 Å². The first kappa shape index (κ1) is 15.0. The van der Waals surface area contributed by atoms with Gasteiger partial charge in [-0.05, 0) is 26.9 Å². The Labute approximate surface area is 109 Å². The van der Waals surface area contributed by atoms with Crippen molar-refractivity contribution in [3.05, 3.63) is 0 Å². The van der Waals surface area contributed by atoms with Crippen molar-refractivity contribution in [1.29, 1.82) is 0 Å². The predicted molar refractivity (Wildman–Crippen MR) is 69.1 cm³/mol. The van der Waals surface area contributed by atoms with Crippen LogP contribution in [0.5, 0.6) is 0 Å². The summed E-state index contributed by atoms with van der Waals surface area (Å²) in [6, 6.07) is 0. The average molecular weight is 256 g/mol. The van der Waals surface area contributed by atoms with Gasteiger partial charge in [-0.3, -0.25) is 9.59 Å². The molecule has 0 saturated heterocycles. The molecule has 0 aromatic carbocycles. The molecule has 0 N–H and O–H groups in total. The number of amides is 1. The number of rotatable bonds is 7. The third-order valence-corrected chi connectivity index (χ3v) is 3.40. The second kappa shape index (κ2) is 7.36. The maximum atomic E-state index is 12.2. The van der Waals surface area contributed by atoms with Crippen molar-refractivity contribution in [2.45, 2.75) is 25.7 Å². The van der Waals surface area contributed by atoms with Gasteiger partial charge in [-0.25, -0.2) is 0 Å². The molecule has 0 radical (unpaired) electrons. The first-order valence-electron chi connectivity index (χ1n) is 6.55. The summed E-state index contributed by atoms with van der Waals surface area (Å²) in [5, 5.41) is 0. The van der Waals surface area contributed by atoms with Gasteiger partial charge < -0.3 is 14.5 Å². The van der Waals surface area contributed by atoms with Crippen molar-refractivity contribution >= 4 is 11.9 Å². The third kappa shape index (κ3) is 4.64. The summed E-state index contributed by atoms with van der Waals surface area (Å²) in [5.74, 6) is 0.128. The Balaban J connectivity index is 2.44. The zero-order valence-electron chi connectivity index (χ0n) is 11.6. The van der Waals surface area contributed by atoms with Gasteiger partial charge in [0, 0.05) is 25.6 Å². The van der Waals surface area contributed by atoms with Crippen LogP contribution >= 0.6 is 0 Å². The first-order chi connectivity index (χ1) is 8.54. The number of hydrogen-bond donors (Lipinski definition) is 0.